The minimum absolute atomic E-state index is 0.251. The Morgan fingerprint density at radius 2 is 0.318 bits per heavy atom. The smallest absolute Gasteiger partial charge is 0.0156 e. The minimum atomic E-state index is 0.251. The predicted molar refractivity (Wildman–Crippen MR) is 98.9 cm³/mol. The molecule has 0 N–H and O–H groups in total. The topological polar surface area (TPSA) is 0 Å². The van der Waals surface area contributed by atoms with Gasteiger partial charge in [0.1, 0.15) is 0 Å². The maximum Gasteiger partial charge on any atom is -0.0156 e. The van der Waals surface area contributed by atoms with E-state index in [-0.39, 0.29) is 43.3 Å². The van der Waals surface area contributed by atoms with Crippen LogP contribution >= 0.6 is 0 Å². The van der Waals surface area contributed by atoms with Crippen molar-refractivity contribution < 1.29 is 0 Å². The van der Waals surface area contributed by atoms with Crippen LogP contribution in [-0.2, 0) is 0 Å². The molecule has 0 atom stereocenters. The fourth-order valence-electron chi connectivity index (χ4n) is 8.44. The summed E-state index contributed by atoms with van der Waals surface area (Å²) in [7, 11) is 0. The Labute approximate surface area is 140 Å². The van der Waals surface area contributed by atoms with E-state index in [0.717, 1.165) is 0 Å². The van der Waals surface area contributed by atoms with Crippen LogP contribution in [-0.4, -0.2) is 0 Å². The Morgan fingerprint density at radius 1 is 0.227 bits per heavy atom. The summed E-state index contributed by atoms with van der Waals surface area (Å²) >= 11 is 0. The van der Waals surface area contributed by atoms with E-state index in [9.17, 15) is 0 Å². The first-order valence-corrected chi connectivity index (χ1v) is 9.25. The summed E-state index contributed by atoms with van der Waals surface area (Å²) in [5.74, 6) is 0. The van der Waals surface area contributed by atoms with Crippen LogP contribution in [0.4, 0.5) is 0 Å². The molecule has 2 bridgehead atoms. The molecule has 130 valence electrons. The Balaban J connectivity index is 3.11. The van der Waals surface area contributed by atoms with Gasteiger partial charge in [-0.1, -0.05) is 96.9 Å². The van der Waals surface area contributed by atoms with E-state index in [0.29, 0.717) is 0 Å². The van der Waals surface area contributed by atoms with Gasteiger partial charge in [0.25, 0.3) is 0 Å². The number of hydrogen-bond acceptors (Lipinski definition) is 0. The largest absolute Gasteiger partial charge is 0.0588 e. The van der Waals surface area contributed by atoms with Gasteiger partial charge in [-0.25, -0.2) is 0 Å². The molecule has 0 aromatic rings. The molecule has 0 amide bonds. The molecule has 0 aromatic carbocycles. The maximum absolute atomic E-state index is 2.61. The van der Waals surface area contributed by atoms with Crippen molar-refractivity contribution in [2.75, 3.05) is 0 Å². The van der Waals surface area contributed by atoms with Crippen molar-refractivity contribution in [2.24, 2.45) is 43.3 Å². The van der Waals surface area contributed by atoms with Gasteiger partial charge < -0.3 is 0 Å². The van der Waals surface area contributed by atoms with Crippen molar-refractivity contribution in [3.63, 3.8) is 0 Å². The molecule has 0 nitrogen and oxygen atoms in total. The number of fused-ring (bicyclic) bond motifs is 3. The third-order valence-corrected chi connectivity index (χ3v) is 12.2. The van der Waals surface area contributed by atoms with Crippen molar-refractivity contribution in [1.82, 2.24) is 0 Å². The van der Waals surface area contributed by atoms with Crippen LogP contribution in [0.5, 0.6) is 0 Å². The summed E-state index contributed by atoms with van der Waals surface area (Å²) in [4.78, 5) is 0. The molecule has 3 aliphatic rings. The first kappa shape index (κ1) is 18.3. The average molecular weight is 307 g/mol. The standard InChI is InChI=1S/C22H42/c1-15(2)16(3,4)22(14)19(9,10)17(5,6)21(15,13)18(7,8)20(22,11)12/h1-14H3. The summed E-state index contributed by atoms with van der Waals surface area (Å²) in [6, 6.07) is 0. The van der Waals surface area contributed by atoms with Gasteiger partial charge >= 0.3 is 0 Å². The van der Waals surface area contributed by atoms with E-state index < -0.39 is 0 Å². The van der Waals surface area contributed by atoms with Gasteiger partial charge in [-0.3, -0.25) is 0 Å². The number of rotatable bonds is 0. The lowest BCUT2D eigenvalue weighted by molar-refractivity contribution is -0.433. The minimum Gasteiger partial charge on any atom is -0.0588 e. The van der Waals surface area contributed by atoms with Gasteiger partial charge in [0, 0.05) is 0 Å². The highest BCUT2D eigenvalue weighted by Gasteiger charge is 2.87. The van der Waals surface area contributed by atoms with Gasteiger partial charge in [-0.2, -0.15) is 0 Å². The predicted octanol–water partition coefficient (Wildman–Crippen LogP) is 7.18. The van der Waals surface area contributed by atoms with Crippen LogP contribution in [0.3, 0.4) is 0 Å². The van der Waals surface area contributed by atoms with Crippen molar-refractivity contribution >= 4 is 0 Å². The van der Waals surface area contributed by atoms with Crippen molar-refractivity contribution in [1.29, 1.82) is 0 Å². The SMILES string of the molecule is CC1(C)C(C)(C)C2(C)C(C)(C)C(C)(C)C1(C)C(C)(C)C2(C)C. The molecule has 3 saturated carbocycles. The van der Waals surface area contributed by atoms with Crippen molar-refractivity contribution in [3.8, 4) is 0 Å². The molecule has 3 aliphatic carbocycles. The zero-order valence-electron chi connectivity index (χ0n) is 18.0. The molecule has 3 rings (SSSR count). The van der Waals surface area contributed by atoms with Crippen LogP contribution in [0.2, 0.25) is 0 Å². The van der Waals surface area contributed by atoms with Crippen LogP contribution in [0.25, 0.3) is 0 Å². The fourth-order valence-corrected chi connectivity index (χ4v) is 8.44. The molecular weight excluding hydrogens is 264 g/mol. The highest BCUT2D eigenvalue weighted by Crippen LogP contribution is 2.92. The Morgan fingerprint density at radius 3 is 0.409 bits per heavy atom. The molecule has 22 heavy (non-hydrogen) atoms. The Hall–Kier alpha value is 0. The van der Waals surface area contributed by atoms with Gasteiger partial charge in [0.2, 0.25) is 0 Å². The van der Waals surface area contributed by atoms with Crippen molar-refractivity contribution in [2.45, 2.75) is 96.9 Å². The van der Waals surface area contributed by atoms with Crippen LogP contribution in [0.1, 0.15) is 96.9 Å². The van der Waals surface area contributed by atoms with Crippen molar-refractivity contribution in [3.05, 3.63) is 0 Å². The van der Waals surface area contributed by atoms with E-state index in [1.54, 1.807) is 0 Å². The summed E-state index contributed by atoms with van der Waals surface area (Å²) in [6.45, 7) is 35.9. The lowest BCUT2D eigenvalue weighted by Crippen LogP contribution is -2.85. The zero-order chi connectivity index (χ0) is 18.0. The number of hydrogen-bond donors (Lipinski definition) is 0. The van der Waals surface area contributed by atoms with Crippen LogP contribution in [0.15, 0.2) is 0 Å². The zero-order valence-corrected chi connectivity index (χ0v) is 18.0. The molecular formula is C22H42. The Bertz CT molecular complexity index is 388. The van der Waals surface area contributed by atoms with Gasteiger partial charge in [0.15, 0.2) is 0 Å². The molecule has 0 heteroatoms. The molecule has 0 unspecified atom stereocenters. The normalized spacial score (nSPS) is 45.5. The van der Waals surface area contributed by atoms with E-state index in [4.69, 9.17) is 0 Å². The molecule has 0 aliphatic heterocycles. The van der Waals surface area contributed by atoms with Gasteiger partial charge in [-0.15, -0.1) is 0 Å². The third kappa shape index (κ3) is 1.10. The molecule has 0 radical (unpaired) electrons. The second-order valence-corrected chi connectivity index (χ2v) is 12.0. The average Bonchev–Trinajstić information content (AvgIpc) is 2.32. The maximum atomic E-state index is 2.61. The second kappa shape index (κ2) is 3.65. The van der Waals surface area contributed by atoms with E-state index in [1.165, 1.54) is 0 Å². The molecule has 0 heterocycles. The van der Waals surface area contributed by atoms with Gasteiger partial charge in [-0.05, 0) is 43.3 Å². The lowest BCUT2D eigenvalue weighted by Gasteiger charge is -2.90. The first-order valence-electron chi connectivity index (χ1n) is 9.25. The van der Waals surface area contributed by atoms with E-state index >= 15 is 0 Å². The summed E-state index contributed by atoms with van der Waals surface area (Å²) in [5, 5.41) is 0. The fraction of sp³-hybridized carbons (Fsp3) is 1.00. The highest BCUT2D eigenvalue weighted by molar-refractivity contribution is 5.34. The van der Waals surface area contributed by atoms with Crippen LogP contribution < -0.4 is 0 Å². The van der Waals surface area contributed by atoms with E-state index in [2.05, 4.69) is 96.9 Å². The summed E-state index contributed by atoms with van der Waals surface area (Å²) in [5.41, 5.74) is 2.13. The van der Waals surface area contributed by atoms with E-state index in [1.807, 2.05) is 0 Å². The molecule has 0 spiro atoms. The second-order valence-electron chi connectivity index (χ2n) is 12.0. The van der Waals surface area contributed by atoms with Gasteiger partial charge in [0.05, 0.1) is 0 Å². The molecule has 0 saturated heterocycles. The Kier molecular flexibility index (Phi) is 3.04. The molecule has 0 aromatic heterocycles. The summed E-state index contributed by atoms with van der Waals surface area (Å²) in [6.07, 6.45) is 0. The molecule has 3 fully saturated rings. The highest BCUT2D eigenvalue weighted by atomic mass is 14.9. The lowest BCUT2D eigenvalue weighted by atomic mass is 9.13. The first-order chi connectivity index (χ1) is 9.25. The quantitative estimate of drug-likeness (QED) is 0.444. The monoisotopic (exact) mass is 306 g/mol. The van der Waals surface area contributed by atoms with Crippen LogP contribution in [0, 0.1) is 43.3 Å². The third-order valence-electron chi connectivity index (χ3n) is 12.2. The summed E-state index contributed by atoms with van der Waals surface area (Å²) < 4.78 is 0.